The fourth-order valence-electron chi connectivity index (χ4n) is 2.88. The maximum Gasteiger partial charge on any atom is 0.167 e. The number of nitrogens with zero attached hydrogens (tertiary/aromatic N) is 4. The van der Waals surface area contributed by atoms with Crippen LogP contribution in [0.1, 0.15) is 26.0 Å². The normalized spacial score (nSPS) is 27.8. The molecule has 0 aromatic carbocycles. The number of hydrogen-bond acceptors (Lipinski definition) is 8. The lowest BCUT2D eigenvalue weighted by atomic mass is 10.1. The van der Waals surface area contributed by atoms with Crippen LogP contribution in [0.4, 0.5) is 5.82 Å². The Balaban J connectivity index is 1.86. The summed E-state index contributed by atoms with van der Waals surface area (Å²) < 4.78 is 7.44. The fourth-order valence-corrected chi connectivity index (χ4v) is 2.88. The third kappa shape index (κ3) is 2.88. The van der Waals surface area contributed by atoms with Crippen molar-refractivity contribution in [1.29, 1.82) is 0 Å². The van der Waals surface area contributed by atoms with E-state index >= 15 is 0 Å². The molecule has 0 bridgehead atoms. The van der Waals surface area contributed by atoms with Crippen LogP contribution in [0.3, 0.4) is 0 Å². The number of unbranched alkanes of at least 4 members (excludes halogenated alkanes) is 1. The average Bonchev–Trinajstić information content (AvgIpc) is 3.10. The molecule has 4 atom stereocenters. The molecule has 9 nitrogen and oxygen atoms in total. The zero-order valence-electron chi connectivity index (χ0n) is 13.0. The largest absolute Gasteiger partial charge is 0.394 e. The molecule has 3 rings (SSSR count). The van der Waals surface area contributed by atoms with Crippen LogP contribution in [0.15, 0.2) is 12.7 Å². The zero-order chi connectivity index (χ0) is 16.4. The van der Waals surface area contributed by atoms with Crippen molar-refractivity contribution in [2.45, 2.75) is 44.2 Å². The highest BCUT2D eigenvalue weighted by atomic mass is 16.5. The molecule has 3 heterocycles. The van der Waals surface area contributed by atoms with Crippen LogP contribution in [0, 0.1) is 0 Å². The van der Waals surface area contributed by atoms with Crippen molar-refractivity contribution in [3.8, 4) is 0 Å². The second-order valence-electron chi connectivity index (χ2n) is 5.65. The average molecular weight is 322 g/mol. The SMILES string of the molecule is CCCCNC1[C@@H](O)[C@H](n2cnc3c(N)ncnc32)O[C@@H]1CO. The number of anilines is 1. The first kappa shape index (κ1) is 16.1. The number of aromatic nitrogens is 4. The highest BCUT2D eigenvalue weighted by Crippen LogP contribution is 2.31. The molecule has 2 aromatic rings. The summed E-state index contributed by atoms with van der Waals surface area (Å²) in [4.78, 5) is 12.3. The summed E-state index contributed by atoms with van der Waals surface area (Å²) in [5, 5.41) is 23.4. The molecule has 0 spiro atoms. The molecule has 0 amide bonds. The molecule has 1 aliphatic heterocycles. The van der Waals surface area contributed by atoms with E-state index in [9.17, 15) is 10.2 Å². The van der Waals surface area contributed by atoms with Crippen LogP contribution in [-0.2, 0) is 4.74 Å². The highest BCUT2D eigenvalue weighted by Gasteiger charge is 2.44. The Hall–Kier alpha value is -1.81. The summed E-state index contributed by atoms with van der Waals surface area (Å²) in [6, 6.07) is -0.354. The van der Waals surface area contributed by atoms with Crippen molar-refractivity contribution in [3.05, 3.63) is 12.7 Å². The van der Waals surface area contributed by atoms with Crippen LogP contribution >= 0.6 is 0 Å². The van der Waals surface area contributed by atoms with Gasteiger partial charge in [0.25, 0.3) is 0 Å². The van der Waals surface area contributed by atoms with Crippen molar-refractivity contribution in [2.75, 3.05) is 18.9 Å². The molecular formula is C14H22N6O3. The molecule has 9 heteroatoms. The topological polar surface area (TPSA) is 131 Å². The summed E-state index contributed by atoms with van der Waals surface area (Å²) in [7, 11) is 0. The van der Waals surface area contributed by atoms with Crippen LogP contribution in [-0.4, -0.2) is 61.1 Å². The molecule has 126 valence electrons. The number of nitrogen functional groups attached to an aromatic ring is 1. The van der Waals surface area contributed by atoms with E-state index in [4.69, 9.17) is 10.5 Å². The molecule has 0 aliphatic carbocycles. The number of nitrogens with one attached hydrogen (secondary N) is 1. The zero-order valence-corrected chi connectivity index (χ0v) is 13.0. The standard InChI is InChI=1S/C14H22N6O3/c1-2-3-4-16-9-8(5-21)23-14(11(9)22)20-7-19-10-12(15)17-6-18-13(10)20/h6-9,11,14,16,21-22H,2-5H2,1H3,(H2,15,17,18)/t8-,9?,11-,14-/m1/s1. The van der Waals surface area contributed by atoms with E-state index in [2.05, 4.69) is 27.2 Å². The van der Waals surface area contributed by atoms with Crippen molar-refractivity contribution < 1.29 is 14.9 Å². The molecule has 1 fully saturated rings. The molecule has 0 saturated carbocycles. The summed E-state index contributed by atoms with van der Waals surface area (Å²) in [5.74, 6) is 0.276. The Morgan fingerprint density at radius 3 is 2.96 bits per heavy atom. The van der Waals surface area contributed by atoms with Gasteiger partial charge in [-0.15, -0.1) is 0 Å². The maximum atomic E-state index is 10.6. The molecule has 23 heavy (non-hydrogen) atoms. The maximum absolute atomic E-state index is 10.6. The van der Waals surface area contributed by atoms with Gasteiger partial charge in [0.15, 0.2) is 17.7 Å². The Morgan fingerprint density at radius 2 is 2.22 bits per heavy atom. The number of ether oxygens (including phenoxy) is 1. The Bertz CT molecular complexity index is 663. The Labute approximate surface area is 133 Å². The van der Waals surface area contributed by atoms with E-state index in [-0.39, 0.29) is 18.5 Å². The van der Waals surface area contributed by atoms with Gasteiger partial charge in [-0.25, -0.2) is 15.0 Å². The van der Waals surface area contributed by atoms with Crippen molar-refractivity contribution in [2.24, 2.45) is 0 Å². The van der Waals surface area contributed by atoms with Gasteiger partial charge in [-0.2, -0.15) is 0 Å². The van der Waals surface area contributed by atoms with Crippen LogP contribution < -0.4 is 11.1 Å². The number of aliphatic hydroxyl groups excluding tert-OH is 2. The lowest BCUT2D eigenvalue weighted by molar-refractivity contribution is -0.0489. The number of fused-ring (bicyclic) bond motifs is 1. The van der Waals surface area contributed by atoms with Gasteiger partial charge in [0.05, 0.1) is 19.0 Å². The summed E-state index contributed by atoms with van der Waals surface area (Å²) >= 11 is 0. The lowest BCUT2D eigenvalue weighted by Gasteiger charge is -2.20. The molecule has 1 saturated heterocycles. The summed E-state index contributed by atoms with van der Waals surface area (Å²) in [6.45, 7) is 2.67. The van der Waals surface area contributed by atoms with Gasteiger partial charge in [0, 0.05) is 0 Å². The van der Waals surface area contributed by atoms with Crippen molar-refractivity contribution >= 4 is 17.0 Å². The lowest BCUT2D eigenvalue weighted by Crippen LogP contribution is -2.46. The first-order valence-electron chi connectivity index (χ1n) is 7.78. The number of imidazole rings is 1. The molecule has 0 radical (unpaired) electrons. The second-order valence-corrected chi connectivity index (χ2v) is 5.65. The Kier molecular flexibility index (Phi) is 4.71. The summed E-state index contributed by atoms with van der Waals surface area (Å²) in [6.07, 6.45) is 2.88. The Morgan fingerprint density at radius 1 is 1.39 bits per heavy atom. The minimum atomic E-state index is -0.836. The van der Waals surface area contributed by atoms with Gasteiger partial charge in [-0.3, -0.25) is 4.57 Å². The van der Waals surface area contributed by atoms with Gasteiger partial charge in [-0.05, 0) is 13.0 Å². The predicted octanol–water partition coefficient (Wildman–Crippen LogP) is -0.583. The number of nitrogens with two attached hydrogens (primary N) is 1. The molecule has 2 aromatic heterocycles. The van der Waals surface area contributed by atoms with E-state index in [1.807, 2.05) is 0 Å². The first-order valence-corrected chi connectivity index (χ1v) is 7.78. The van der Waals surface area contributed by atoms with E-state index in [1.165, 1.54) is 12.7 Å². The van der Waals surface area contributed by atoms with Crippen LogP contribution in [0.2, 0.25) is 0 Å². The van der Waals surface area contributed by atoms with E-state index in [0.29, 0.717) is 11.2 Å². The predicted molar refractivity (Wildman–Crippen MR) is 83.4 cm³/mol. The van der Waals surface area contributed by atoms with Crippen LogP contribution in [0.5, 0.6) is 0 Å². The third-order valence-corrected chi connectivity index (χ3v) is 4.13. The second kappa shape index (κ2) is 6.75. The molecular weight excluding hydrogens is 300 g/mol. The summed E-state index contributed by atoms with van der Waals surface area (Å²) in [5.41, 5.74) is 6.74. The fraction of sp³-hybridized carbons (Fsp3) is 0.643. The van der Waals surface area contributed by atoms with Gasteiger partial charge in [-0.1, -0.05) is 13.3 Å². The molecule has 5 N–H and O–H groups in total. The number of hydrogen-bond donors (Lipinski definition) is 4. The van der Waals surface area contributed by atoms with Gasteiger partial charge >= 0.3 is 0 Å². The van der Waals surface area contributed by atoms with Crippen molar-refractivity contribution in [1.82, 2.24) is 24.8 Å². The minimum Gasteiger partial charge on any atom is -0.394 e. The van der Waals surface area contributed by atoms with E-state index in [0.717, 1.165) is 19.4 Å². The van der Waals surface area contributed by atoms with E-state index in [1.54, 1.807) is 4.57 Å². The quantitative estimate of drug-likeness (QED) is 0.519. The molecule has 1 aliphatic rings. The third-order valence-electron chi connectivity index (χ3n) is 4.13. The number of aliphatic hydroxyl groups is 2. The van der Waals surface area contributed by atoms with Gasteiger partial charge in [0.2, 0.25) is 0 Å². The van der Waals surface area contributed by atoms with E-state index < -0.39 is 18.4 Å². The highest BCUT2D eigenvalue weighted by molar-refractivity contribution is 5.81. The minimum absolute atomic E-state index is 0.179. The number of rotatable bonds is 6. The van der Waals surface area contributed by atoms with Gasteiger partial charge in [0.1, 0.15) is 24.1 Å². The molecule has 1 unspecified atom stereocenters. The van der Waals surface area contributed by atoms with Gasteiger partial charge < -0.3 is 26.0 Å². The monoisotopic (exact) mass is 322 g/mol. The van der Waals surface area contributed by atoms with Crippen LogP contribution in [0.25, 0.3) is 11.2 Å². The smallest absolute Gasteiger partial charge is 0.167 e. The van der Waals surface area contributed by atoms with Crippen molar-refractivity contribution in [3.63, 3.8) is 0 Å². The first-order chi connectivity index (χ1) is 11.2.